The number of nitrogens with zero attached hydrogens (tertiary/aromatic N) is 3. The lowest BCUT2D eigenvalue weighted by atomic mass is 10.0. The molecule has 0 fully saturated rings. The van der Waals surface area contributed by atoms with Crippen LogP contribution in [-0.2, 0) is 0 Å². The summed E-state index contributed by atoms with van der Waals surface area (Å²) in [5.41, 5.74) is 7.47. The molecule has 76 valence electrons. The SMILES string of the molecule is CC(C)c1cc(N)cc(C(C#N)C#N)n1. The summed E-state index contributed by atoms with van der Waals surface area (Å²) in [6, 6.07) is 7.10. The van der Waals surface area contributed by atoms with Crippen molar-refractivity contribution in [1.82, 2.24) is 4.98 Å². The third-order valence-electron chi connectivity index (χ3n) is 2.03. The Morgan fingerprint density at radius 3 is 2.20 bits per heavy atom. The van der Waals surface area contributed by atoms with Gasteiger partial charge in [0.25, 0.3) is 0 Å². The van der Waals surface area contributed by atoms with Crippen molar-refractivity contribution in [3.8, 4) is 12.1 Å². The molecule has 0 aliphatic rings. The predicted molar refractivity (Wildman–Crippen MR) is 56.7 cm³/mol. The fourth-order valence-corrected chi connectivity index (χ4v) is 1.20. The lowest BCUT2D eigenvalue weighted by Crippen LogP contribution is -2.03. The van der Waals surface area contributed by atoms with Crippen LogP contribution in [0.5, 0.6) is 0 Å². The number of rotatable bonds is 2. The third-order valence-corrected chi connectivity index (χ3v) is 2.03. The van der Waals surface area contributed by atoms with E-state index in [9.17, 15) is 0 Å². The Morgan fingerprint density at radius 2 is 1.73 bits per heavy atom. The molecule has 0 amide bonds. The molecule has 1 heterocycles. The largest absolute Gasteiger partial charge is 0.399 e. The molecule has 0 saturated carbocycles. The summed E-state index contributed by atoms with van der Waals surface area (Å²) in [5.74, 6) is -0.615. The van der Waals surface area contributed by atoms with E-state index < -0.39 is 5.92 Å². The standard InChI is InChI=1S/C11H12N4/c1-7(2)10-3-9(14)4-11(15-10)8(5-12)6-13/h3-4,7-8H,1-2H3,(H2,14,15). The second kappa shape index (κ2) is 4.43. The Balaban J connectivity index is 3.22. The minimum absolute atomic E-state index is 0.227. The van der Waals surface area contributed by atoms with Gasteiger partial charge in [0.2, 0.25) is 0 Å². The van der Waals surface area contributed by atoms with Crippen LogP contribution in [0.1, 0.15) is 37.1 Å². The van der Waals surface area contributed by atoms with Gasteiger partial charge in [0.05, 0.1) is 17.8 Å². The van der Waals surface area contributed by atoms with Crippen molar-refractivity contribution < 1.29 is 0 Å². The van der Waals surface area contributed by atoms with E-state index in [1.807, 2.05) is 26.0 Å². The highest BCUT2D eigenvalue weighted by Gasteiger charge is 2.13. The molecule has 0 aromatic carbocycles. The number of nitrogens with two attached hydrogens (primary N) is 1. The summed E-state index contributed by atoms with van der Waals surface area (Å²) < 4.78 is 0. The van der Waals surface area contributed by atoms with Crippen LogP contribution in [-0.4, -0.2) is 4.98 Å². The highest BCUT2D eigenvalue weighted by atomic mass is 14.7. The highest BCUT2D eigenvalue weighted by Crippen LogP contribution is 2.20. The number of hydrogen-bond donors (Lipinski definition) is 1. The maximum atomic E-state index is 8.75. The molecule has 0 aliphatic heterocycles. The first-order valence-corrected chi connectivity index (χ1v) is 4.65. The van der Waals surface area contributed by atoms with Crippen LogP contribution >= 0.6 is 0 Å². The van der Waals surface area contributed by atoms with Crippen LogP contribution in [0.25, 0.3) is 0 Å². The molecule has 0 unspecified atom stereocenters. The molecule has 4 nitrogen and oxygen atoms in total. The molecule has 1 aromatic rings. The lowest BCUT2D eigenvalue weighted by Gasteiger charge is -2.08. The molecule has 15 heavy (non-hydrogen) atoms. The van der Waals surface area contributed by atoms with Crippen LogP contribution < -0.4 is 5.73 Å². The van der Waals surface area contributed by atoms with Crippen LogP contribution in [0.4, 0.5) is 5.69 Å². The molecular weight excluding hydrogens is 188 g/mol. The van der Waals surface area contributed by atoms with Gasteiger partial charge < -0.3 is 5.73 Å². The Morgan fingerprint density at radius 1 is 1.20 bits per heavy atom. The van der Waals surface area contributed by atoms with E-state index in [1.165, 1.54) is 0 Å². The normalized spacial score (nSPS) is 10.0. The molecule has 4 heteroatoms. The van der Waals surface area contributed by atoms with Gasteiger partial charge in [0.1, 0.15) is 0 Å². The molecular formula is C11H12N4. The van der Waals surface area contributed by atoms with Gasteiger partial charge in [-0.1, -0.05) is 13.8 Å². The summed E-state index contributed by atoms with van der Waals surface area (Å²) in [6.45, 7) is 3.97. The van der Waals surface area contributed by atoms with E-state index in [4.69, 9.17) is 16.3 Å². The number of hydrogen-bond acceptors (Lipinski definition) is 4. The maximum Gasteiger partial charge on any atom is 0.175 e. The molecule has 0 saturated heterocycles. The number of nitrogen functional groups attached to an aromatic ring is 1. The average Bonchev–Trinajstić information content (AvgIpc) is 2.18. The second-order valence-electron chi connectivity index (χ2n) is 3.60. The Bertz CT molecular complexity index is 423. The van der Waals surface area contributed by atoms with E-state index in [0.717, 1.165) is 5.69 Å². The minimum atomic E-state index is -0.842. The molecule has 2 N–H and O–H groups in total. The second-order valence-corrected chi connectivity index (χ2v) is 3.60. The zero-order valence-corrected chi connectivity index (χ0v) is 8.73. The first-order chi connectivity index (χ1) is 7.08. The molecule has 1 rings (SSSR count). The Labute approximate surface area is 89.0 Å². The van der Waals surface area contributed by atoms with Gasteiger partial charge in [-0.15, -0.1) is 0 Å². The summed E-state index contributed by atoms with van der Waals surface area (Å²) in [7, 11) is 0. The molecule has 0 atom stereocenters. The molecule has 1 aromatic heterocycles. The Hall–Kier alpha value is -2.07. The summed E-state index contributed by atoms with van der Waals surface area (Å²) in [6.07, 6.45) is 0. The van der Waals surface area contributed by atoms with E-state index in [1.54, 1.807) is 12.1 Å². The van der Waals surface area contributed by atoms with Crippen molar-refractivity contribution in [2.75, 3.05) is 5.73 Å². The maximum absolute atomic E-state index is 8.75. The number of pyridine rings is 1. The molecule has 0 radical (unpaired) electrons. The highest BCUT2D eigenvalue weighted by molar-refractivity contribution is 5.44. The van der Waals surface area contributed by atoms with Crippen molar-refractivity contribution in [3.05, 3.63) is 23.5 Å². The molecule has 0 bridgehead atoms. The van der Waals surface area contributed by atoms with Crippen molar-refractivity contribution in [3.63, 3.8) is 0 Å². The van der Waals surface area contributed by atoms with E-state index in [0.29, 0.717) is 11.4 Å². The van der Waals surface area contributed by atoms with Crippen molar-refractivity contribution in [2.45, 2.75) is 25.7 Å². The topological polar surface area (TPSA) is 86.5 Å². The van der Waals surface area contributed by atoms with Crippen LogP contribution in [0, 0.1) is 22.7 Å². The van der Waals surface area contributed by atoms with E-state index in [-0.39, 0.29) is 5.92 Å². The van der Waals surface area contributed by atoms with E-state index >= 15 is 0 Å². The zero-order valence-electron chi connectivity index (χ0n) is 8.73. The predicted octanol–water partition coefficient (Wildman–Crippen LogP) is 1.92. The fraction of sp³-hybridized carbons (Fsp3) is 0.364. The molecule has 0 aliphatic carbocycles. The first kappa shape index (κ1) is 11.0. The van der Waals surface area contributed by atoms with Crippen molar-refractivity contribution in [1.29, 1.82) is 10.5 Å². The third kappa shape index (κ3) is 2.45. The lowest BCUT2D eigenvalue weighted by molar-refractivity contribution is 0.806. The van der Waals surface area contributed by atoms with Crippen molar-refractivity contribution >= 4 is 5.69 Å². The number of anilines is 1. The first-order valence-electron chi connectivity index (χ1n) is 4.65. The van der Waals surface area contributed by atoms with Gasteiger partial charge in [-0.25, -0.2) is 0 Å². The van der Waals surface area contributed by atoms with Gasteiger partial charge in [0, 0.05) is 11.4 Å². The fourth-order valence-electron chi connectivity index (χ4n) is 1.20. The van der Waals surface area contributed by atoms with Crippen LogP contribution in [0.2, 0.25) is 0 Å². The van der Waals surface area contributed by atoms with Gasteiger partial charge in [-0.05, 0) is 18.1 Å². The van der Waals surface area contributed by atoms with Crippen LogP contribution in [0.3, 0.4) is 0 Å². The summed E-state index contributed by atoms with van der Waals surface area (Å²) >= 11 is 0. The number of aromatic nitrogens is 1. The molecule has 0 spiro atoms. The summed E-state index contributed by atoms with van der Waals surface area (Å²) in [4.78, 5) is 4.25. The van der Waals surface area contributed by atoms with Crippen LogP contribution in [0.15, 0.2) is 12.1 Å². The van der Waals surface area contributed by atoms with E-state index in [2.05, 4.69) is 4.98 Å². The number of nitriles is 2. The van der Waals surface area contributed by atoms with Gasteiger partial charge in [0.15, 0.2) is 5.92 Å². The quantitative estimate of drug-likeness (QED) is 0.790. The minimum Gasteiger partial charge on any atom is -0.399 e. The van der Waals surface area contributed by atoms with Gasteiger partial charge >= 0.3 is 0 Å². The van der Waals surface area contributed by atoms with Crippen molar-refractivity contribution in [2.24, 2.45) is 0 Å². The monoisotopic (exact) mass is 200 g/mol. The average molecular weight is 200 g/mol. The smallest absolute Gasteiger partial charge is 0.175 e. The van der Waals surface area contributed by atoms with Gasteiger partial charge in [-0.3, -0.25) is 4.98 Å². The zero-order chi connectivity index (χ0) is 11.4. The Kier molecular flexibility index (Phi) is 3.25. The summed E-state index contributed by atoms with van der Waals surface area (Å²) in [5, 5.41) is 17.5. The van der Waals surface area contributed by atoms with Gasteiger partial charge in [-0.2, -0.15) is 10.5 Å².